The SMILES string of the molecule is CCNC(=O)NC(=NC(=O)N(C)C)SCC. The first-order chi connectivity index (χ1) is 7.51. The second kappa shape index (κ2) is 7.98. The van der Waals surface area contributed by atoms with Gasteiger partial charge >= 0.3 is 12.1 Å². The van der Waals surface area contributed by atoms with E-state index in [1.54, 1.807) is 14.1 Å². The van der Waals surface area contributed by atoms with Gasteiger partial charge < -0.3 is 10.2 Å². The monoisotopic (exact) mass is 246 g/mol. The number of hydrogen-bond donors (Lipinski definition) is 2. The van der Waals surface area contributed by atoms with Gasteiger partial charge in [-0.1, -0.05) is 18.7 Å². The maximum absolute atomic E-state index is 11.3. The summed E-state index contributed by atoms with van der Waals surface area (Å²) in [4.78, 5) is 27.7. The van der Waals surface area contributed by atoms with Gasteiger partial charge in [0.15, 0.2) is 5.17 Å². The number of amides is 4. The van der Waals surface area contributed by atoms with Crippen LogP contribution in [0.5, 0.6) is 0 Å². The third-order valence-electron chi connectivity index (χ3n) is 1.42. The number of carbonyl (C=O) groups excluding carboxylic acids is 2. The Morgan fingerprint density at radius 2 is 1.94 bits per heavy atom. The molecule has 0 atom stereocenters. The first-order valence-electron chi connectivity index (χ1n) is 4.98. The van der Waals surface area contributed by atoms with Crippen LogP contribution in [0.4, 0.5) is 9.59 Å². The third-order valence-corrected chi connectivity index (χ3v) is 2.17. The number of urea groups is 2. The Kier molecular flexibility index (Phi) is 7.36. The summed E-state index contributed by atoms with van der Waals surface area (Å²) in [7, 11) is 3.21. The van der Waals surface area contributed by atoms with Crippen LogP contribution in [0, 0.1) is 0 Å². The minimum absolute atomic E-state index is 0.312. The molecule has 0 aliphatic carbocycles. The van der Waals surface area contributed by atoms with Crippen molar-refractivity contribution in [2.45, 2.75) is 13.8 Å². The highest BCUT2D eigenvalue weighted by atomic mass is 32.2. The van der Waals surface area contributed by atoms with Gasteiger partial charge in [-0.25, -0.2) is 9.59 Å². The molecule has 0 aromatic heterocycles. The van der Waals surface area contributed by atoms with Crippen LogP contribution in [0.1, 0.15) is 13.8 Å². The fourth-order valence-electron chi connectivity index (χ4n) is 0.722. The van der Waals surface area contributed by atoms with E-state index in [-0.39, 0.29) is 6.03 Å². The Bertz CT molecular complexity index is 279. The second-order valence-corrected chi connectivity index (χ2v) is 4.26. The number of nitrogens with one attached hydrogen (secondary N) is 2. The Morgan fingerprint density at radius 3 is 2.38 bits per heavy atom. The van der Waals surface area contributed by atoms with Gasteiger partial charge in [0.05, 0.1) is 0 Å². The van der Waals surface area contributed by atoms with Crippen molar-refractivity contribution in [1.29, 1.82) is 0 Å². The number of thioether (sulfide) groups is 1. The maximum Gasteiger partial charge on any atom is 0.345 e. The zero-order chi connectivity index (χ0) is 12.6. The molecule has 0 bridgehead atoms. The van der Waals surface area contributed by atoms with Gasteiger partial charge in [-0.3, -0.25) is 5.32 Å². The molecule has 0 saturated heterocycles. The fraction of sp³-hybridized carbons (Fsp3) is 0.667. The Morgan fingerprint density at radius 1 is 1.31 bits per heavy atom. The highest BCUT2D eigenvalue weighted by Crippen LogP contribution is 2.02. The molecule has 6 nitrogen and oxygen atoms in total. The van der Waals surface area contributed by atoms with Crippen LogP contribution in [0.15, 0.2) is 4.99 Å². The van der Waals surface area contributed by atoms with Crippen LogP contribution in [0.3, 0.4) is 0 Å². The lowest BCUT2D eigenvalue weighted by Crippen LogP contribution is -2.39. The first-order valence-corrected chi connectivity index (χ1v) is 5.97. The highest BCUT2D eigenvalue weighted by Gasteiger charge is 2.08. The van der Waals surface area contributed by atoms with Crippen LogP contribution < -0.4 is 10.6 Å². The number of nitrogens with zero attached hydrogens (tertiary/aromatic N) is 2. The van der Waals surface area contributed by atoms with Gasteiger partial charge in [0.1, 0.15) is 0 Å². The molecule has 7 heteroatoms. The van der Waals surface area contributed by atoms with E-state index in [0.717, 1.165) is 5.75 Å². The lowest BCUT2D eigenvalue weighted by molar-refractivity contribution is 0.227. The largest absolute Gasteiger partial charge is 0.345 e. The van der Waals surface area contributed by atoms with Crippen LogP contribution in [-0.4, -0.2) is 48.5 Å². The maximum atomic E-state index is 11.3. The molecule has 0 rings (SSSR count). The standard InChI is InChI=1S/C9H18N4O2S/c1-5-10-7(14)11-8(16-6-2)12-9(15)13(3)4/h5-6H2,1-4H3,(H2,10,11,12,14,15). The van der Waals surface area contributed by atoms with Gasteiger partial charge in [-0.15, -0.1) is 0 Å². The molecule has 4 amide bonds. The molecule has 92 valence electrons. The minimum Gasteiger partial charge on any atom is -0.338 e. The molecule has 0 radical (unpaired) electrons. The van der Waals surface area contributed by atoms with Crippen molar-refractivity contribution in [3.05, 3.63) is 0 Å². The number of aliphatic imine (C=N–C) groups is 1. The lowest BCUT2D eigenvalue weighted by atomic mass is 10.7. The van der Waals surface area contributed by atoms with Crippen molar-refractivity contribution in [2.24, 2.45) is 4.99 Å². The average Bonchev–Trinajstić information content (AvgIpc) is 2.17. The van der Waals surface area contributed by atoms with E-state index < -0.39 is 6.03 Å². The van der Waals surface area contributed by atoms with Crippen LogP contribution >= 0.6 is 11.8 Å². The zero-order valence-electron chi connectivity index (χ0n) is 10.0. The van der Waals surface area contributed by atoms with Crippen molar-refractivity contribution >= 4 is 29.0 Å². The smallest absolute Gasteiger partial charge is 0.338 e. The van der Waals surface area contributed by atoms with Gasteiger partial charge in [-0.2, -0.15) is 4.99 Å². The number of carbonyl (C=O) groups is 2. The molecule has 0 heterocycles. The summed E-state index contributed by atoms with van der Waals surface area (Å²) in [6.07, 6.45) is 0. The van der Waals surface area contributed by atoms with Crippen LogP contribution in [-0.2, 0) is 0 Å². The van der Waals surface area contributed by atoms with E-state index in [9.17, 15) is 9.59 Å². The summed E-state index contributed by atoms with van der Waals surface area (Å²) >= 11 is 1.31. The molecule has 0 spiro atoms. The molecule has 2 N–H and O–H groups in total. The molecule has 0 aromatic carbocycles. The third kappa shape index (κ3) is 6.28. The van der Waals surface area contributed by atoms with Crippen LogP contribution in [0.2, 0.25) is 0 Å². The molecule has 0 aliphatic heterocycles. The number of amidine groups is 1. The molecule has 16 heavy (non-hydrogen) atoms. The van der Waals surface area contributed by atoms with E-state index in [1.807, 2.05) is 13.8 Å². The summed E-state index contributed by atoms with van der Waals surface area (Å²) < 4.78 is 0. The van der Waals surface area contributed by atoms with Crippen LogP contribution in [0.25, 0.3) is 0 Å². The molecule has 0 fully saturated rings. The van der Waals surface area contributed by atoms with E-state index >= 15 is 0 Å². The number of hydrogen-bond acceptors (Lipinski definition) is 3. The van der Waals surface area contributed by atoms with E-state index in [2.05, 4.69) is 15.6 Å². The quantitative estimate of drug-likeness (QED) is 0.566. The lowest BCUT2D eigenvalue weighted by Gasteiger charge is -2.10. The number of rotatable bonds is 2. The van der Waals surface area contributed by atoms with Crippen molar-refractivity contribution < 1.29 is 9.59 Å². The predicted octanol–water partition coefficient (Wildman–Crippen LogP) is 1.10. The van der Waals surface area contributed by atoms with E-state index in [1.165, 1.54) is 16.7 Å². The molecule has 0 aliphatic rings. The van der Waals surface area contributed by atoms with E-state index in [0.29, 0.717) is 11.7 Å². The summed E-state index contributed by atoms with van der Waals surface area (Å²) in [6.45, 7) is 4.26. The summed E-state index contributed by atoms with van der Waals surface area (Å²) in [6, 6.07) is -0.749. The molecule has 0 aromatic rings. The zero-order valence-corrected chi connectivity index (χ0v) is 10.8. The van der Waals surface area contributed by atoms with Crippen molar-refractivity contribution in [2.75, 3.05) is 26.4 Å². The van der Waals surface area contributed by atoms with Gasteiger partial charge in [0.2, 0.25) is 0 Å². The summed E-state index contributed by atoms with van der Waals surface area (Å²) in [5.74, 6) is 0.728. The normalized spacial score (nSPS) is 10.9. The Labute approximate surface area is 99.9 Å². The Hall–Kier alpha value is -1.24. The molecule has 0 unspecified atom stereocenters. The molecular formula is C9H18N4O2S. The Balaban J connectivity index is 4.48. The van der Waals surface area contributed by atoms with Crippen molar-refractivity contribution in [3.8, 4) is 0 Å². The minimum atomic E-state index is -0.396. The molecule has 0 saturated carbocycles. The van der Waals surface area contributed by atoms with Gasteiger partial charge in [0.25, 0.3) is 0 Å². The predicted molar refractivity (Wildman–Crippen MR) is 66.9 cm³/mol. The fourth-order valence-corrected chi connectivity index (χ4v) is 1.30. The summed E-state index contributed by atoms with van der Waals surface area (Å²) in [5.41, 5.74) is 0. The van der Waals surface area contributed by atoms with Crippen molar-refractivity contribution in [1.82, 2.24) is 15.5 Å². The van der Waals surface area contributed by atoms with Gasteiger partial charge in [-0.05, 0) is 12.7 Å². The average molecular weight is 246 g/mol. The van der Waals surface area contributed by atoms with Crippen molar-refractivity contribution in [3.63, 3.8) is 0 Å². The topological polar surface area (TPSA) is 73.8 Å². The first kappa shape index (κ1) is 14.8. The highest BCUT2D eigenvalue weighted by molar-refractivity contribution is 8.13. The second-order valence-electron chi connectivity index (χ2n) is 3.01. The summed E-state index contributed by atoms with van der Waals surface area (Å²) in [5, 5.41) is 5.40. The van der Waals surface area contributed by atoms with Gasteiger partial charge in [0, 0.05) is 20.6 Å². The van der Waals surface area contributed by atoms with E-state index in [4.69, 9.17) is 0 Å². The molecular weight excluding hydrogens is 228 g/mol.